The fraction of sp³-hybridized carbons (Fsp3) is 0.467. The van der Waals surface area contributed by atoms with Crippen molar-refractivity contribution in [3.63, 3.8) is 0 Å². The van der Waals surface area contributed by atoms with E-state index in [-0.39, 0.29) is 5.41 Å². The summed E-state index contributed by atoms with van der Waals surface area (Å²) >= 11 is 0. The highest BCUT2D eigenvalue weighted by Gasteiger charge is 2.09. The highest BCUT2D eigenvalue weighted by Crippen LogP contribution is 2.14. The molecule has 0 aromatic heterocycles. The van der Waals surface area contributed by atoms with Gasteiger partial charge in [-0.25, -0.2) is 0 Å². The summed E-state index contributed by atoms with van der Waals surface area (Å²) in [4.78, 5) is 0. The number of benzene rings is 1. The predicted octanol–water partition coefficient (Wildman–Crippen LogP) is 4.28. The lowest BCUT2D eigenvalue weighted by Crippen LogP contribution is -2.14. The molecule has 0 saturated heterocycles. The topological polar surface area (TPSA) is 9.23 Å². The monoisotopic (exact) mass is 218 g/mol. The molecule has 0 aliphatic carbocycles. The maximum atomic E-state index is 5.67. The minimum Gasteiger partial charge on any atom is -0.376 e. The molecule has 0 aliphatic heterocycles. The molecule has 16 heavy (non-hydrogen) atoms. The molecule has 1 aromatic carbocycles. The van der Waals surface area contributed by atoms with Gasteiger partial charge in [0, 0.05) is 0 Å². The summed E-state index contributed by atoms with van der Waals surface area (Å²) in [6.45, 7) is 10.1. The highest BCUT2D eigenvalue weighted by molar-refractivity contribution is 5.49. The van der Waals surface area contributed by atoms with E-state index < -0.39 is 0 Å². The summed E-state index contributed by atoms with van der Waals surface area (Å²) in [5.74, 6) is 0. The van der Waals surface area contributed by atoms with Crippen molar-refractivity contribution in [2.45, 2.75) is 34.3 Å². The van der Waals surface area contributed by atoms with Crippen molar-refractivity contribution in [3.05, 3.63) is 41.5 Å². The van der Waals surface area contributed by atoms with Crippen LogP contribution >= 0.6 is 0 Å². The first-order chi connectivity index (χ1) is 7.51. The fourth-order valence-corrected chi connectivity index (χ4v) is 1.39. The van der Waals surface area contributed by atoms with Gasteiger partial charge in [-0.15, -0.1) is 0 Å². The Balaban J connectivity index is 2.43. The molecule has 1 aromatic rings. The van der Waals surface area contributed by atoms with E-state index in [9.17, 15) is 0 Å². The zero-order valence-corrected chi connectivity index (χ0v) is 10.8. The normalized spacial score (nSPS) is 12.2. The third-order valence-corrected chi connectivity index (χ3v) is 2.14. The lowest BCUT2D eigenvalue weighted by Gasteiger charge is -2.17. The van der Waals surface area contributed by atoms with Crippen LogP contribution in [0.2, 0.25) is 0 Å². The van der Waals surface area contributed by atoms with Gasteiger partial charge < -0.3 is 4.74 Å². The summed E-state index contributed by atoms with van der Waals surface area (Å²) < 4.78 is 5.67. The van der Waals surface area contributed by atoms with Gasteiger partial charge in [0.1, 0.15) is 0 Å². The molecule has 0 atom stereocenters. The molecule has 0 amide bonds. The molecular weight excluding hydrogens is 196 g/mol. The second-order valence-corrected chi connectivity index (χ2v) is 5.30. The Morgan fingerprint density at radius 3 is 2.25 bits per heavy atom. The van der Waals surface area contributed by atoms with Crippen LogP contribution in [0.25, 0.3) is 6.08 Å². The van der Waals surface area contributed by atoms with Gasteiger partial charge in [-0.05, 0) is 23.5 Å². The molecule has 0 aliphatic rings. The van der Waals surface area contributed by atoms with E-state index in [0.29, 0.717) is 6.61 Å². The third-order valence-electron chi connectivity index (χ3n) is 2.14. The molecule has 1 heteroatoms. The minimum absolute atomic E-state index is 0.241. The third kappa shape index (κ3) is 5.13. The number of hydrogen-bond acceptors (Lipinski definition) is 1. The Kier molecular flexibility index (Phi) is 4.75. The molecule has 1 nitrogen and oxygen atoms in total. The molecule has 1 rings (SSSR count). The number of hydrogen-bond donors (Lipinski definition) is 0. The Morgan fingerprint density at radius 1 is 1.12 bits per heavy atom. The van der Waals surface area contributed by atoms with Crippen molar-refractivity contribution < 1.29 is 4.74 Å². The number of rotatable bonds is 4. The van der Waals surface area contributed by atoms with Gasteiger partial charge in [-0.1, -0.05) is 57.2 Å². The van der Waals surface area contributed by atoms with E-state index in [1.807, 2.05) is 13.0 Å². The average molecular weight is 218 g/mol. The van der Waals surface area contributed by atoms with Gasteiger partial charge in [0.15, 0.2) is 0 Å². The molecule has 0 N–H and O–H groups in total. The zero-order chi connectivity index (χ0) is 12.0. The van der Waals surface area contributed by atoms with Crippen molar-refractivity contribution >= 4 is 6.08 Å². The minimum atomic E-state index is 0.241. The van der Waals surface area contributed by atoms with Crippen molar-refractivity contribution in [2.75, 3.05) is 6.61 Å². The number of ether oxygens (including phenoxy) is 1. The molecule has 88 valence electrons. The second-order valence-electron chi connectivity index (χ2n) is 5.30. The summed E-state index contributed by atoms with van der Waals surface area (Å²) in [7, 11) is 0. The Labute approximate surface area is 99.1 Å². The Hall–Kier alpha value is -1.08. The van der Waals surface area contributed by atoms with Gasteiger partial charge in [-0.2, -0.15) is 0 Å². The van der Waals surface area contributed by atoms with Crippen molar-refractivity contribution in [1.82, 2.24) is 0 Å². The first kappa shape index (κ1) is 13.0. The van der Waals surface area contributed by atoms with Crippen LogP contribution < -0.4 is 0 Å². The van der Waals surface area contributed by atoms with Gasteiger partial charge in [-0.3, -0.25) is 0 Å². The molecule has 0 unspecified atom stereocenters. The van der Waals surface area contributed by atoms with Gasteiger partial charge in [0.05, 0.1) is 13.2 Å². The predicted molar refractivity (Wildman–Crippen MR) is 70.3 cm³/mol. The average Bonchev–Trinajstić information content (AvgIpc) is 2.19. The maximum absolute atomic E-state index is 5.67. The second kappa shape index (κ2) is 5.86. The Morgan fingerprint density at radius 2 is 1.75 bits per heavy atom. The van der Waals surface area contributed by atoms with Crippen molar-refractivity contribution in [1.29, 1.82) is 0 Å². The largest absolute Gasteiger partial charge is 0.376 e. The van der Waals surface area contributed by atoms with Crippen LogP contribution in [-0.2, 0) is 11.3 Å². The van der Waals surface area contributed by atoms with Crippen LogP contribution in [0.15, 0.2) is 30.3 Å². The lowest BCUT2D eigenvalue weighted by molar-refractivity contribution is 0.0599. The van der Waals surface area contributed by atoms with E-state index in [1.54, 1.807) is 0 Å². The van der Waals surface area contributed by atoms with Crippen molar-refractivity contribution in [2.24, 2.45) is 5.41 Å². The zero-order valence-electron chi connectivity index (χ0n) is 10.8. The van der Waals surface area contributed by atoms with E-state index in [2.05, 4.69) is 51.1 Å². The maximum Gasteiger partial charge on any atom is 0.0717 e. The van der Waals surface area contributed by atoms with Gasteiger partial charge in [0.25, 0.3) is 0 Å². The summed E-state index contributed by atoms with van der Waals surface area (Å²) in [6.07, 6.45) is 4.14. The first-order valence-corrected chi connectivity index (χ1v) is 5.81. The van der Waals surface area contributed by atoms with Crippen LogP contribution in [0.1, 0.15) is 38.8 Å². The van der Waals surface area contributed by atoms with E-state index in [1.165, 1.54) is 11.1 Å². The Bertz CT molecular complexity index is 327. The van der Waals surface area contributed by atoms with Gasteiger partial charge in [0.2, 0.25) is 0 Å². The van der Waals surface area contributed by atoms with Crippen LogP contribution in [-0.4, -0.2) is 6.61 Å². The molecule has 0 heterocycles. The van der Waals surface area contributed by atoms with Crippen LogP contribution in [0.5, 0.6) is 0 Å². The van der Waals surface area contributed by atoms with Gasteiger partial charge >= 0.3 is 0 Å². The number of allylic oxidation sites excluding steroid dienone is 1. The molecule has 0 bridgehead atoms. The van der Waals surface area contributed by atoms with E-state index >= 15 is 0 Å². The van der Waals surface area contributed by atoms with Crippen molar-refractivity contribution in [3.8, 4) is 0 Å². The smallest absolute Gasteiger partial charge is 0.0717 e. The first-order valence-electron chi connectivity index (χ1n) is 5.81. The fourth-order valence-electron chi connectivity index (χ4n) is 1.39. The molecule has 0 radical (unpaired) electrons. The molecule has 0 saturated carbocycles. The highest BCUT2D eigenvalue weighted by atomic mass is 16.5. The SMILES string of the molecule is C/C=C/c1ccc(COCC(C)(C)C)cc1. The van der Waals surface area contributed by atoms with Crippen LogP contribution in [0.4, 0.5) is 0 Å². The quantitative estimate of drug-likeness (QED) is 0.733. The molecule has 0 spiro atoms. The molecule has 0 fully saturated rings. The van der Waals surface area contributed by atoms with E-state index in [4.69, 9.17) is 4.74 Å². The standard InChI is InChI=1S/C15H22O/c1-5-6-13-7-9-14(10-8-13)11-16-12-15(2,3)4/h5-10H,11-12H2,1-4H3/b6-5+. The summed E-state index contributed by atoms with van der Waals surface area (Å²) in [5.41, 5.74) is 2.71. The lowest BCUT2D eigenvalue weighted by atomic mass is 9.99. The van der Waals surface area contributed by atoms with Crippen LogP contribution in [0.3, 0.4) is 0 Å². The summed E-state index contributed by atoms with van der Waals surface area (Å²) in [5, 5.41) is 0. The van der Waals surface area contributed by atoms with Crippen LogP contribution in [0, 0.1) is 5.41 Å². The molecular formula is C15H22O. The van der Waals surface area contributed by atoms with E-state index in [0.717, 1.165) is 6.61 Å². The summed E-state index contributed by atoms with van der Waals surface area (Å²) in [6, 6.07) is 8.49.